The fourth-order valence-corrected chi connectivity index (χ4v) is 4.15. The summed E-state index contributed by atoms with van der Waals surface area (Å²) in [6, 6.07) is 9.71. The molecule has 0 bridgehead atoms. The number of carbonyl (C=O) groups is 4. The number of nitrogens with one attached hydrogen (secondary N) is 2. The van der Waals surface area contributed by atoms with Crippen molar-refractivity contribution in [1.82, 2.24) is 20.7 Å². The quantitative estimate of drug-likeness (QED) is 0.266. The summed E-state index contributed by atoms with van der Waals surface area (Å²) < 4.78 is 5.07. The van der Waals surface area contributed by atoms with Crippen molar-refractivity contribution in [3.05, 3.63) is 70.4 Å². The number of aromatic nitrogens is 1. The molecule has 2 aromatic rings. The number of thiocarbonyl (C=S) groups is 1. The van der Waals surface area contributed by atoms with Crippen molar-refractivity contribution in [2.45, 2.75) is 12.8 Å². The summed E-state index contributed by atoms with van der Waals surface area (Å²) in [7, 11) is 1.31. The van der Waals surface area contributed by atoms with Crippen LogP contribution in [-0.4, -0.2) is 51.5 Å². The third-order valence-electron chi connectivity index (χ3n) is 4.55. The Morgan fingerprint density at radius 3 is 2.45 bits per heavy atom. The second-order valence-corrected chi connectivity index (χ2v) is 8.46. The van der Waals surface area contributed by atoms with Gasteiger partial charge in [0.2, 0.25) is 5.91 Å². The van der Waals surface area contributed by atoms with Crippen LogP contribution in [0.3, 0.4) is 0 Å². The highest BCUT2D eigenvalue weighted by atomic mass is 32.2. The predicted octanol–water partition coefficient (Wildman–Crippen LogP) is 2.31. The number of rotatable bonds is 7. The van der Waals surface area contributed by atoms with E-state index in [1.165, 1.54) is 48.3 Å². The van der Waals surface area contributed by atoms with Crippen LogP contribution in [0.2, 0.25) is 0 Å². The van der Waals surface area contributed by atoms with Crippen LogP contribution in [0.4, 0.5) is 0 Å². The first-order valence-electron chi connectivity index (χ1n) is 9.82. The summed E-state index contributed by atoms with van der Waals surface area (Å²) in [5, 5.41) is 0. The Morgan fingerprint density at radius 2 is 1.79 bits per heavy atom. The fraction of sp³-hybridized carbons (Fsp3) is 0.182. The van der Waals surface area contributed by atoms with Crippen molar-refractivity contribution in [2.24, 2.45) is 0 Å². The first kappa shape index (κ1) is 24.1. The van der Waals surface area contributed by atoms with Crippen molar-refractivity contribution in [3.8, 4) is 0 Å². The summed E-state index contributed by atoms with van der Waals surface area (Å²) in [5.74, 6) is -1.51. The van der Waals surface area contributed by atoms with Gasteiger partial charge in [-0.05, 0) is 42.3 Å². The number of hydrogen-bond donors (Lipinski definition) is 2. The second-order valence-electron chi connectivity index (χ2n) is 6.79. The van der Waals surface area contributed by atoms with Crippen molar-refractivity contribution < 1.29 is 23.9 Å². The number of amides is 3. The molecule has 3 amide bonds. The van der Waals surface area contributed by atoms with Gasteiger partial charge in [-0.15, -0.1) is 0 Å². The Labute approximate surface area is 199 Å². The van der Waals surface area contributed by atoms with Crippen LogP contribution in [0, 0.1) is 0 Å². The van der Waals surface area contributed by atoms with Gasteiger partial charge in [0.1, 0.15) is 4.32 Å². The maximum absolute atomic E-state index is 12.7. The monoisotopic (exact) mass is 484 g/mol. The first-order chi connectivity index (χ1) is 15.9. The number of thioether (sulfide) groups is 1. The van der Waals surface area contributed by atoms with E-state index in [4.69, 9.17) is 12.2 Å². The summed E-state index contributed by atoms with van der Waals surface area (Å²) in [4.78, 5) is 53.9. The third kappa shape index (κ3) is 6.46. The van der Waals surface area contributed by atoms with Crippen molar-refractivity contribution in [3.63, 3.8) is 0 Å². The number of methoxy groups -OCH3 is 1. The molecule has 2 N–H and O–H groups in total. The molecule has 1 saturated heterocycles. The van der Waals surface area contributed by atoms with Crippen LogP contribution in [0.1, 0.15) is 39.1 Å². The van der Waals surface area contributed by atoms with Crippen LogP contribution < -0.4 is 10.9 Å². The highest BCUT2D eigenvalue weighted by molar-refractivity contribution is 8.26. The lowest BCUT2D eigenvalue weighted by molar-refractivity contribution is -0.124. The van der Waals surface area contributed by atoms with Gasteiger partial charge in [0, 0.05) is 30.9 Å². The van der Waals surface area contributed by atoms with E-state index in [1.54, 1.807) is 30.3 Å². The molecular formula is C22H20N4O5S2. The van der Waals surface area contributed by atoms with E-state index in [2.05, 4.69) is 20.6 Å². The van der Waals surface area contributed by atoms with E-state index < -0.39 is 11.9 Å². The molecule has 9 nitrogen and oxygen atoms in total. The van der Waals surface area contributed by atoms with Crippen LogP contribution in [0.5, 0.6) is 0 Å². The summed E-state index contributed by atoms with van der Waals surface area (Å²) in [6.45, 7) is 0.273. The lowest BCUT2D eigenvalue weighted by Gasteiger charge is -2.14. The zero-order chi connectivity index (χ0) is 23.8. The highest BCUT2D eigenvalue weighted by Gasteiger charge is 2.31. The Bertz CT molecular complexity index is 1100. The van der Waals surface area contributed by atoms with Gasteiger partial charge in [0.05, 0.1) is 17.6 Å². The molecule has 33 heavy (non-hydrogen) atoms. The van der Waals surface area contributed by atoms with Crippen LogP contribution in [0.15, 0.2) is 53.7 Å². The number of carbonyl (C=O) groups excluding carboxylic acids is 4. The largest absolute Gasteiger partial charge is 0.465 e. The number of hydrogen-bond acceptors (Lipinski definition) is 8. The Hall–Kier alpha value is -3.57. The van der Waals surface area contributed by atoms with E-state index in [-0.39, 0.29) is 24.8 Å². The Morgan fingerprint density at radius 1 is 1.09 bits per heavy atom. The van der Waals surface area contributed by atoms with Gasteiger partial charge in [-0.25, -0.2) is 4.79 Å². The highest BCUT2D eigenvalue weighted by Crippen LogP contribution is 2.32. The van der Waals surface area contributed by atoms with Gasteiger partial charge in [-0.3, -0.25) is 35.1 Å². The van der Waals surface area contributed by atoms with Crippen LogP contribution >= 0.6 is 24.0 Å². The van der Waals surface area contributed by atoms with Gasteiger partial charge < -0.3 is 4.74 Å². The summed E-state index contributed by atoms with van der Waals surface area (Å²) in [6.07, 6.45) is 5.11. The zero-order valence-corrected chi connectivity index (χ0v) is 19.2. The Balaban J connectivity index is 1.47. The van der Waals surface area contributed by atoms with Gasteiger partial charge in [-0.2, -0.15) is 0 Å². The van der Waals surface area contributed by atoms with E-state index in [0.717, 1.165) is 5.56 Å². The Kier molecular flexibility index (Phi) is 8.28. The number of esters is 1. The van der Waals surface area contributed by atoms with Crippen molar-refractivity contribution in [1.29, 1.82) is 0 Å². The van der Waals surface area contributed by atoms with Crippen molar-refractivity contribution >= 4 is 58.1 Å². The number of pyridine rings is 1. The van der Waals surface area contributed by atoms with Crippen molar-refractivity contribution in [2.75, 3.05) is 13.7 Å². The van der Waals surface area contributed by atoms with Gasteiger partial charge in [-0.1, -0.05) is 36.1 Å². The maximum atomic E-state index is 12.7. The van der Waals surface area contributed by atoms with Gasteiger partial charge in [0.25, 0.3) is 11.8 Å². The zero-order valence-electron chi connectivity index (χ0n) is 17.6. The molecule has 1 aliphatic rings. The van der Waals surface area contributed by atoms with Crippen LogP contribution in [-0.2, 0) is 14.3 Å². The van der Waals surface area contributed by atoms with Gasteiger partial charge in [0.15, 0.2) is 0 Å². The smallest absolute Gasteiger partial charge is 0.337 e. The molecule has 3 rings (SSSR count). The van der Waals surface area contributed by atoms with E-state index in [0.29, 0.717) is 26.8 Å². The molecule has 0 radical (unpaired) electrons. The first-order valence-corrected chi connectivity index (χ1v) is 11.0. The maximum Gasteiger partial charge on any atom is 0.337 e. The summed E-state index contributed by atoms with van der Waals surface area (Å²) >= 11 is 6.48. The summed E-state index contributed by atoms with van der Waals surface area (Å²) in [5.41, 5.74) is 6.20. The predicted molar refractivity (Wildman–Crippen MR) is 127 cm³/mol. The molecular weight excluding hydrogens is 464 g/mol. The van der Waals surface area contributed by atoms with E-state index >= 15 is 0 Å². The molecule has 1 aromatic carbocycles. The molecule has 1 aliphatic heterocycles. The molecule has 0 saturated carbocycles. The molecule has 0 unspecified atom stereocenters. The molecule has 11 heteroatoms. The second kappa shape index (κ2) is 11.3. The molecule has 1 fully saturated rings. The third-order valence-corrected chi connectivity index (χ3v) is 5.92. The number of nitrogens with zero attached hydrogens (tertiary/aromatic N) is 2. The average molecular weight is 485 g/mol. The number of hydrazine groups is 1. The molecule has 0 atom stereocenters. The minimum absolute atomic E-state index is 0.0989. The minimum atomic E-state index is -0.451. The average Bonchev–Trinajstić information content (AvgIpc) is 3.10. The normalized spacial score (nSPS) is 14.3. The van der Waals surface area contributed by atoms with E-state index in [1.807, 2.05) is 0 Å². The molecule has 0 spiro atoms. The minimum Gasteiger partial charge on any atom is -0.465 e. The molecule has 1 aromatic heterocycles. The number of benzene rings is 1. The molecule has 170 valence electrons. The SMILES string of the molecule is COC(=O)c1ccc(/C=C2\SC(=S)N(CCCC(=O)NNC(=O)c3ccncc3)C2=O)cc1. The lowest BCUT2D eigenvalue weighted by Crippen LogP contribution is -2.41. The van der Waals surface area contributed by atoms with E-state index in [9.17, 15) is 19.2 Å². The fourth-order valence-electron chi connectivity index (χ4n) is 2.84. The van der Waals surface area contributed by atoms with Crippen LogP contribution in [0.25, 0.3) is 6.08 Å². The lowest BCUT2D eigenvalue weighted by atomic mass is 10.1. The molecule has 0 aliphatic carbocycles. The standard InChI is InChI=1S/C22H20N4O5S2/c1-31-21(30)16-6-4-14(5-7-16)13-17-20(29)26(22(32)33-17)12-2-3-18(27)24-25-19(28)15-8-10-23-11-9-15/h4-11,13H,2-3,12H2,1H3,(H,24,27)(H,25,28)/b17-13-. The topological polar surface area (TPSA) is 118 Å². The van der Waals surface area contributed by atoms with Gasteiger partial charge >= 0.3 is 5.97 Å². The number of ether oxygens (including phenoxy) is 1. The molecule has 2 heterocycles.